The quantitative estimate of drug-likeness (QED) is 0.408. The van der Waals surface area contributed by atoms with Gasteiger partial charge in [0.15, 0.2) is 5.96 Å². The van der Waals surface area contributed by atoms with Gasteiger partial charge in [0.05, 0.1) is 6.04 Å². The fourth-order valence-electron chi connectivity index (χ4n) is 3.21. The molecule has 0 spiro atoms. The van der Waals surface area contributed by atoms with Crippen LogP contribution in [0.25, 0.3) is 0 Å². The normalized spacial score (nSPS) is 13.7. The van der Waals surface area contributed by atoms with E-state index in [0.29, 0.717) is 13.1 Å². The van der Waals surface area contributed by atoms with E-state index in [1.165, 1.54) is 12.1 Å². The highest BCUT2D eigenvalue weighted by Gasteiger charge is 2.25. The molecule has 0 aliphatic rings. The van der Waals surface area contributed by atoms with Gasteiger partial charge in [-0.15, -0.1) is 0 Å². The molecule has 0 aliphatic heterocycles. The van der Waals surface area contributed by atoms with E-state index in [2.05, 4.69) is 29.4 Å². The van der Waals surface area contributed by atoms with Crippen LogP contribution in [0, 0.1) is 11.2 Å². The number of rotatable bonds is 11. The Bertz CT molecular complexity index is 556. The zero-order valence-corrected chi connectivity index (χ0v) is 17.6. The second kappa shape index (κ2) is 11.9. The van der Waals surface area contributed by atoms with Crippen LogP contribution in [0.1, 0.15) is 51.6 Å². The van der Waals surface area contributed by atoms with E-state index in [-0.39, 0.29) is 23.9 Å². The highest BCUT2D eigenvalue weighted by atomic mass is 19.1. The van der Waals surface area contributed by atoms with E-state index in [4.69, 9.17) is 4.99 Å². The maximum absolute atomic E-state index is 13.2. The van der Waals surface area contributed by atoms with E-state index in [1.807, 2.05) is 33.2 Å². The molecule has 0 aliphatic carbocycles. The lowest BCUT2D eigenvalue weighted by atomic mass is 9.79. The van der Waals surface area contributed by atoms with Crippen molar-refractivity contribution in [1.29, 1.82) is 0 Å². The van der Waals surface area contributed by atoms with Gasteiger partial charge >= 0.3 is 0 Å². The molecule has 3 N–H and O–H groups in total. The number of aliphatic hydroxyl groups is 1. The van der Waals surface area contributed by atoms with E-state index in [0.717, 1.165) is 37.3 Å². The molecular weight excluding hydrogens is 343 g/mol. The van der Waals surface area contributed by atoms with E-state index in [1.54, 1.807) is 0 Å². The first-order valence-corrected chi connectivity index (χ1v) is 9.96. The van der Waals surface area contributed by atoms with Crippen molar-refractivity contribution in [2.24, 2.45) is 10.4 Å². The van der Waals surface area contributed by atoms with Crippen LogP contribution in [-0.2, 0) is 0 Å². The molecule has 154 valence electrons. The lowest BCUT2D eigenvalue weighted by Crippen LogP contribution is -2.42. The minimum Gasteiger partial charge on any atom is -0.396 e. The van der Waals surface area contributed by atoms with Crippen LogP contribution in [0.4, 0.5) is 4.39 Å². The summed E-state index contributed by atoms with van der Waals surface area (Å²) in [6, 6.07) is 6.75. The number of guanidine groups is 1. The molecule has 1 atom stereocenters. The maximum Gasteiger partial charge on any atom is 0.191 e. The van der Waals surface area contributed by atoms with Crippen molar-refractivity contribution >= 4 is 5.96 Å². The van der Waals surface area contributed by atoms with Gasteiger partial charge in [0, 0.05) is 26.2 Å². The number of halogens is 1. The molecule has 1 aromatic rings. The number of nitrogens with zero attached hydrogens (tertiary/aromatic N) is 2. The SMILES string of the molecule is CCNC(=NCC(CC)(CC)CCO)NCC(c1ccc(F)cc1)N(C)C. The molecule has 27 heavy (non-hydrogen) atoms. The molecule has 1 unspecified atom stereocenters. The highest BCUT2D eigenvalue weighted by Crippen LogP contribution is 2.30. The van der Waals surface area contributed by atoms with Crippen LogP contribution < -0.4 is 10.6 Å². The number of hydrogen-bond donors (Lipinski definition) is 3. The Kier molecular flexibility index (Phi) is 10.3. The number of aliphatic imine (C=N–C) groups is 1. The summed E-state index contributed by atoms with van der Waals surface area (Å²) in [5, 5.41) is 16.1. The molecule has 0 radical (unpaired) electrons. The third-order valence-electron chi connectivity index (χ3n) is 5.40. The van der Waals surface area contributed by atoms with Gasteiger partial charge < -0.3 is 20.6 Å². The van der Waals surface area contributed by atoms with Gasteiger partial charge in [-0.1, -0.05) is 26.0 Å². The summed E-state index contributed by atoms with van der Waals surface area (Å²) in [5.74, 6) is 0.550. The van der Waals surface area contributed by atoms with Crippen molar-refractivity contribution < 1.29 is 9.50 Å². The fourth-order valence-corrected chi connectivity index (χ4v) is 3.21. The third-order valence-corrected chi connectivity index (χ3v) is 5.40. The molecule has 5 nitrogen and oxygen atoms in total. The van der Waals surface area contributed by atoms with Gasteiger partial charge in [-0.3, -0.25) is 4.99 Å². The van der Waals surface area contributed by atoms with Gasteiger partial charge in [0.2, 0.25) is 0 Å². The van der Waals surface area contributed by atoms with Crippen molar-refractivity contribution in [3.8, 4) is 0 Å². The number of benzene rings is 1. The van der Waals surface area contributed by atoms with Crippen LogP contribution in [0.3, 0.4) is 0 Å². The molecule has 0 aromatic heterocycles. The fraction of sp³-hybridized carbons (Fsp3) is 0.667. The van der Waals surface area contributed by atoms with Crippen molar-refractivity contribution in [3.63, 3.8) is 0 Å². The Morgan fingerprint density at radius 3 is 2.26 bits per heavy atom. The average molecular weight is 381 g/mol. The molecule has 0 amide bonds. The zero-order valence-electron chi connectivity index (χ0n) is 17.6. The first kappa shape index (κ1) is 23.4. The molecule has 0 bridgehead atoms. The van der Waals surface area contributed by atoms with Crippen LogP contribution in [0.2, 0.25) is 0 Å². The molecule has 6 heteroatoms. The Morgan fingerprint density at radius 2 is 1.78 bits per heavy atom. The lowest BCUT2D eigenvalue weighted by Gasteiger charge is -2.30. The largest absolute Gasteiger partial charge is 0.396 e. The highest BCUT2D eigenvalue weighted by molar-refractivity contribution is 5.79. The van der Waals surface area contributed by atoms with E-state index >= 15 is 0 Å². The summed E-state index contributed by atoms with van der Waals surface area (Å²) >= 11 is 0. The van der Waals surface area contributed by atoms with Crippen molar-refractivity contribution in [1.82, 2.24) is 15.5 Å². The Balaban J connectivity index is 2.86. The van der Waals surface area contributed by atoms with Crippen molar-refractivity contribution in [2.45, 2.75) is 46.1 Å². The van der Waals surface area contributed by atoms with Crippen LogP contribution in [0.15, 0.2) is 29.3 Å². The Labute approximate surface area is 164 Å². The number of nitrogens with one attached hydrogen (secondary N) is 2. The van der Waals surface area contributed by atoms with Crippen LogP contribution in [-0.4, -0.2) is 56.3 Å². The standard InChI is InChI=1S/C21H37FN4O/c1-6-21(7-2,13-14-27)16-25-20(23-8-3)24-15-19(26(4)5)17-9-11-18(22)12-10-17/h9-12,19,27H,6-8,13-16H2,1-5H3,(H2,23,24,25). The first-order valence-electron chi connectivity index (χ1n) is 9.96. The third kappa shape index (κ3) is 7.46. The summed E-state index contributed by atoms with van der Waals surface area (Å²) < 4.78 is 13.2. The van der Waals surface area contributed by atoms with Crippen molar-refractivity contribution in [3.05, 3.63) is 35.6 Å². The molecular formula is C21H37FN4O. The number of aliphatic hydroxyl groups excluding tert-OH is 1. The Hall–Kier alpha value is -1.66. The maximum atomic E-state index is 13.2. The van der Waals surface area contributed by atoms with Gasteiger partial charge in [-0.25, -0.2) is 4.39 Å². The van der Waals surface area contributed by atoms with Crippen molar-refractivity contribution in [2.75, 3.05) is 40.3 Å². The van der Waals surface area contributed by atoms with Gasteiger partial charge in [0.25, 0.3) is 0 Å². The molecule has 1 rings (SSSR count). The summed E-state index contributed by atoms with van der Waals surface area (Å²) in [5.41, 5.74) is 1.09. The smallest absolute Gasteiger partial charge is 0.191 e. The van der Waals surface area contributed by atoms with Gasteiger partial charge in [-0.05, 0) is 63.4 Å². The average Bonchev–Trinajstić information content (AvgIpc) is 2.66. The molecule has 0 saturated carbocycles. The topological polar surface area (TPSA) is 59.9 Å². The second-order valence-corrected chi connectivity index (χ2v) is 7.29. The monoisotopic (exact) mass is 380 g/mol. The van der Waals surface area contributed by atoms with Gasteiger partial charge in [0.1, 0.15) is 5.82 Å². The summed E-state index contributed by atoms with van der Waals surface area (Å²) in [7, 11) is 4.03. The lowest BCUT2D eigenvalue weighted by molar-refractivity contribution is 0.175. The second-order valence-electron chi connectivity index (χ2n) is 7.29. The Morgan fingerprint density at radius 1 is 1.15 bits per heavy atom. The predicted octanol–water partition coefficient (Wildman–Crippen LogP) is 3.17. The van der Waals surface area contributed by atoms with E-state index in [9.17, 15) is 9.50 Å². The molecule has 1 aromatic carbocycles. The summed E-state index contributed by atoms with van der Waals surface area (Å²) in [4.78, 5) is 6.90. The minimum atomic E-state index is -0.224. The minimum absolute atomic E-state index is 0.0367. The van der Waals surface area contributed by atoms with Crippen LogP contribution in [0.5, 0.6) is 0 Å². The zero-order chi connectivity index (χ0) is 20.3. The first-order chi connectivity index (χ1) is 12.9. The van der Waals surface area contributed by atoms with E-state index < -0.39 is 0 Å². The number of hydrogen-bond acceptors (Lipinski definition) is 3. The molecule has 0 heterocycles. The van der Waals surface area contributed by atoms with Gasteiger partial charge in [-0.2, -0.15) is 0 Å². The number of likely N-dealkylation sites (N-methyl/N-ethyl adjacent to an activating group) is 1. The predicted molar refractivity (Wildman–Crippen MR) is 112 cm³/mol. The molecule has 0 fully saturated rings. The summed E-state index contributed by atoms with van der Waals surface area (Å²) in [6.45, 7) is 8.67. The molecule has 0 saturated heterocycles. The summed E-state index contributed by atoms with van der Waals surface area (Å²) in [6.07, 6.45) is 2.74. The van der Waals surface area contributed by atoms with Crippen LogP contribution >= 0.6 is 0 Å².